The van der Waals surface area contributed by atoms with Crippen LogP contribution in [0.2, 0.25) is 0 Å². The summed E-state index contributed by atoms with van der Waals surface area (Å²) in [5, 5.41) is 6.40. The maximum Gasteiger partial charge on any atom is 0.136 e. The van der Waals surface area contributed by atoms with Crippen molar-refractivity contribution in [2.24, 2.45) is 5.73 Å². The number of nitrogens with zero attached hydrogens (tertiary/aromatic N) is 2. The number of aromatic nitrogens is 2. The Bertz CT molecular complexity index is 566. The highest BCUT2D eigenvalue weighted by Crippen LogP contribution is 2.20. The second kappa shape index (κ2) is 6.08. The summed E-state index contributed by atoms with van der Waals surface area (Å²) in [5.41, 5.74) is 7.61. The Hall–Kier alpha value is -1.53. The Morgan fingerprint density at radius 1 is 1.47 bits per heavy atom. The van der Waals surface area contributed by atoms with E-state index in [0.717, 1.165) is 28.5 Å². The number of nitrogens with two attached hydrogens (primary N) is 1. The Balaban J connectivity index is 2.12. The summed E-state index contributed by atoms with van der Waals surface area (Å²) in [6.07, 6.45) is 3.58. The van der Waals surface area contributed by atoms with Gasteiger partial charge in [-0.05, 0) is 18.6 Å². The van der Waals surface area contributed by atoms with Crippen molar-refractivity contribution >= 4 is 34.4 Å². The number of rotatable bonds is 5. The molecule has 1 unspecified atom stereocenters. The van der Waals surface area contributed by atoms with E-state index in [1.165, 1.54) is 0 Å². The molecule has 4 nitrogen and oxygen atoms in total. The van der Waals surface area contributed by atoms with Gasteiger partial charge < -0.3 is 11.1 Å². The maximum atomic E-state index is 5.76. The first-order valence-corrected chi connectivity index (χ1v) is 7.27. The molecule has 1 atom stereocenters. The van der Waals surface area contributed by atoms with E-state index in [1.54, 1.807) is 17.5 Å². The van der Waals surface area contributed by atoms with Gasteiger partial charge in [0.05, 0.1) is 10.6 Å². The van der Waals surface area contributed by atoms with Crippen LogP contribution in [-0.2, 0) is 0 Å². The average Bonchev–Trinajstić information content (AvgIpc) is 2.89. The monoisotopic (exact) mass is 292 g/mol. The molecule has 0 spiro atoms. The molecule has 2 rings (SSSR count). The predicted molar refractivity (Wildman–Crippen MR) is 83.9 cm³/mol. The van der Waals surface area contributed by atoms with Crippen molar-refractivity contribution in [3.8, 4) is 0 Å². The van der Waals surface area contributed by atoms with Crippen molar-refractivity contribution in [2.75, 3.05) is 11.9 Å². The van der Waals surface area contributed by atoms with Crippen LogP contribution in [0.4, 0.5) is 5.82 Å². The van der Waals surface area contributed by atoms with E-state index in [1.807, 2.05) is 24.6 Å². The smallest absolute Gasteiger partial charge is 0.136 e. The number of hydrogen-bond acceptors (Lipinski definition) is 5. The van der Waals surface area contributed by atoms with Crippen LogP contribution in [0.15, 0.2) is 23.8 Å². The Morgan fingerprint density at radius 2 is 2.26 bits per heavy atom. The van der Waals surface area contributed by atoms with Gasteiger partial charge in [-0.15, -0.1) is 11.3 Å². The molecule has 2 heterocycles. The molecule has 0 aliphatic carbocycles. The second-order valence-electron chi connectivity index (χ2n) is 4.37. The van der Waals surface area contributed by atoms with Crippen molar-refractivity contribution < 1.29 is 0 Å². The van der Waals surface area contributed by atoms with Crippen LogP contribution in [0, 0.1) is 6.92 Å². The molecule has 0 aromatic carbocycles. The Morgan fingerprint density at radius 3 is 2.89 bits per heavy atom. The minimum absolute atomic E-state index is 0.321. The van der Waals surface area contributed by atoms with Crippen LogP contribution in [0.5, 0.6) is 0 Å². The van der Waals surface area contributed by atoms with Crippen LogP contribution < -0.4 is 11.1 Å². The average molecular weight is 292 g/mol. The molecular weight excluding hydrogens is 276 g/mol. The Labute approximate surface area is 122 Å². The molecule has 100 valence electrons. The minimum Gasteiger partial charge on any atom is -0.389 e. The molecule has 0 saturated carbocycles. The molecule has 19 heavy (non-hydrogen) atoms. The summed E-state index contributed by atoms with van der Waals surface area (Å²) in [4.78, 5) is 9.00. The molecule has 2 aromatic heterocycles. The molecule has 2 aromatic rings. The fraction of sp³-hybridized carbons (Fsp3) is 0.308. The number of pyridine rings is 1. The van der Waals surface area contributed by atoms with E-state index in [2.05, 4.69) is 22.2 Å². The normalized spacial score (nSPS) is 12.1. The largest absolute Gasteiger partial charge is 0.389 e. The fourth-order valence-corrected chi connectivity index (χ4v) is 2.77. The summed E-state index contributed by atoms with van der Waals surface area (Å²) >= 11 is 6.74. The summed E-state index contributed by atoms with van der Waals surface area (Å²) in [5.74, 6) is 1.07. The van der Waals surface area contributed by atoms with E-state index < -0.39 is 0 Å². The molecule has 0 aliphatic rings. The molecule has 6 heteroatoms. The fourth-order valence-electron chi connectivity index (χ4n) is 1.82. The van der Waals surface area contributed by atoms with Gasteiger partial charge in [-0.1, -0.05) is 19.1 Å². The van der Waals surface area contributed by atoms with Crippen LogP contribution in [0.3, 0.4) is 0 Å². The summed E-state index contributed by atoms with van der Waals surface area (Å²) in [6, 6.07) is 1.91. The first-order chi connectivity index (χ1) is 9.09. The van der Waals surface area contributed by atoms with Gasteiger partial charge in [0.25, 0.3) is 0 Å². The van der Waals surface area contributed by atoms with E-state index in [0.29, 0.717) is 10.9 Å². The maximum absolute atomic E-state index is 5.76. The molecular formula is C13H16N4S2. The van der Waals surface area contributed by atoms with Crippen molar-refractivity contribution in [3.63, 3.8) is 0 Å². The molecule has 0 radical (unpaired) electrons. The van der Waals surface area contributed by atoms with Crippen molar-refractivity contribution in [1.29, 1.82) is 0 Å². The highest BCUT2D eigenvalue weighted by molar-refractivity contribution is 7.80. The van der Waals surface area contributed by atoms with E-state index in [4.69, 9.17) is 18.0 Å². The standard InChI is InChI=1S/C13H16N4S2/c1-8-3-4-15-12(10(8)11(14)18)17-7-9(2)13-16-5-6-19-13/h3-6,9H,7H2,1-2H3,(H2,14,18)(H,15,17). The lowest BCUT2D eigenvalue weighted by Crippen LogP contribution is -2.18. The third kappa shape index (κ3) is 3.27. The molecule has 3 N–H and O–H groups in total. The predicted octanol–water partition coefficient (Wildman–Crippen LogP) is 2.70. The van der Waals surface area contributed by atoms with Crippen LogP contribution >= 0.6 is 23.6 Å². The zero-order chi connectivity index (χ0) is 13.8. The summed E-state index contributed by atoms with van der Waals surface area (Å²) in [7, 11) is 0. The number of nitrogens with one attached hydrogen (secondary N) is 1. The van der Waals surface area contributed by atoms with Gasteiger partial charge in [-0.2, -0.15) is 0 Å². The van der Waals surface area contributed by atoms with Gasteiger partial charge in [0, 0.05) is 30.2 Å². The van der Waals surface area contributed by atoms with Crippen LogP contribution in [0.1, 0.15) is 29.0 Å². The highest BCUT2D eigenvalue weighted by atomic mass is 32.1. The SMILES string of the molecule is Cc1ccnc(NCC(C)c2nccs2)c1C(N)=S. The van der Waals surface area contributed by atoms with Gasteiger partial charge in [0.2, 0.25) is 0 Å². The highest BCUT2D eigenvalue weighted by Gasteiger charge is 2.12. The van der Waals surface area contributed by atoms with Crippen LogP contribution in [0.25, 0.3) is 0 Å². The van der Waals surface area contributed by atoms with Gasteiger partial charge in [-0.3, -0.25) is 0 Å². The van der Waals surface area contributed by atoms with Gasteiger partial charge in [-0.25, -0.2) is 9.97 Å². The molecule has 0 aliphatic heterocycles. The topological polar surface area (TPSA) is 63.8 Å². The van der Waals surface area contributed by atoms with Gasteiger partial charge >= 0.3 is 0 Å². The lowest BCUT2D eigenvalue weighted by molar-refractivity contribution is 0.791. The lowest BCUT2D eigenvalue weighted by Gasteiger charge is -2.14. The van der Waals surface area contributed by atoms with Crippen LogP contribution in [-0.4, -0.2) is 21.5 Å². The molecule has 0 fully saturated rings. The third-order valence-corrected chi connectivity index (χ3v) is 4.07. The molecule has 0 saturated heterocycles. The molecule has 0 amide bonds. The van der Waals surface area contributed by atoms with E-state index in [-0.39, 0.29) is 0 Å². The Kier molecular flexibility index (Phi) is 4.44. The third-order valence-electron chi connectivity index (χ3n) is 2.85. The van der Waals surface area contributed by atoms with Gasteiger partial charge in [0.1, 0.15) is 10.8 Å². The lowest BCUT2D eigenvalue weighted by atomic mass is 10.1. The first kappa shape index (κ1) is 13.9. The number of anilines is 1. The quantitative estimate of drug-likeness (QED) is 0.830. The number of thiazole rings is 1. The number of thiocarbonyl (C=S) groups is 1. The van der Waals surface area contributed by atoms with E-state index >= 15 is 0 Å². The number of aryl methyl sites for hydroxylation is 1. The van der Waals surface area contributed by atoms with Gasteiger partial charge in [0.15, 0.2) is 0 Å². The van der Waals surface area contributed by atoms with Crippen molar-refractivity contribution in [1.82, 2.24) is 9.97 Å². The van der Waals surface area contributed by atoms with E-state index in [9.17, 15) is 0 Å². The second-order valence-corrected chi connectivity index (χ2v) is 5.73. The summed E-state index contributed by atoms with van der Waals surface area (Å²) < 4.78 is 0. The first-order valence-electron chi connectivity index (χ1n) is 5.98. The number of hydrogen-bond donors (Lipinski definition) is 2. The van der Waals surface area contributed by atoms with Crippen molar-refractivity contribution in [2.45, 2.75) is 19.8 Å². The molecule has 0 bridgehead atoms. The van der Waals surface area contributed by atoms with Crippen molar-refractivity contribution in [3.05, 3.63) is 40.0 Å². The minimum atomic E-state index is 0.321. The zero-order valence-corrected chi connectivity index (χ0v) is 12.5. The zero-order valence-electron chi connectivity index (χ0n) is 10.9. The summed E-state index contributed by atoms with van der Waals surface area (Å²) in [6.45, 7) is 4.85.